The van der Waals surface area contributed by atoms with Gasteiger partial charge in [0.1, 0.15) is 12.3 Å². The molecule has 2 amide bonds. The second kappa shape index (κ2) is 12.9. The summed E-state index contributed by atoms with van der Waals surface area (Å²) in [6.07, 6.45) is 5.90. The lowest BCUT2D eigenvalue weighted by atomic mass is 10.1. The SMILES string of the molecule is CCOc1ccc(CN(CCc2c[nH]c3ccccc23)C(=O)CN(CC(C)C)C(=O)c2cccnc2)cc1. The Bertz CT molecular complexity index is 1330. The molecular weight excluding hydrogens is 476 g/mol. The van der Waals surface area contributed by atoms with E-state index in [1.165, 1.54) is 0 Å². The number of aromatic nitrogens is 2. The van der Waals surface area contributed by atoms with Crippen molar-refractivity contribution in [1.29, 1.82) is 0 Å². The average Bonchev–Trinajstić information content (AvgIpc) is 3.34. The van der Waals surface area contributed by atoms with Crippen LogP contribution in [0.25, 0.3) is 10.9 Å². The Hall–Kier alpha value is -4.13. The van der Waals surface area contributed by atoms with E-state index in [0.717, 1.165) is 27.8 Å². The van der Waals surface area contributed by atoms with Crippen LogP contribution < -0.4 is 4.74 Å². The van der Waals surface area contributed by atoms with Gasteiger partial charge in [0, 0.05) is 49.1 Å². The Morgan fingerprint density at radius 3 is 2.50 bits per heavy atom. The largest absolute Gasteiger partial charge is 0.494 e. The van der Waals surface area contributed by atoms with Crippen LogP contribution in [0, 0.1) is 5.92 Å². The standard InChI is InChI=1S/C31H36N4O3/c1-4-38-27-13-11-24(12-14-27)21-34(17-15-25-19-33-29-10-6-5-9-28(25)29)30(36)22-35(20-23(2)3)31(37)26-8-7-16-32-18-26/h5-14,16,18-19,23,33H,4,15,17,20-22H2,1-3H3. The van der Waals surface area contributed by atoms with Crippen LogP contribution in [0.1, 0.15) is 42.3 Å². The molecule has 7 nitrogen and oxygen atoms in total. The molecular formula is C31H36N4O3. The zero-order valence-corrected chi connectivity index (χ0v) is 22.4. The third-order valence-electron chi connectivity index (χ3n) is 6.39. The third kappa shape index (κ3) is 7.00. The molecule has 0 saturated carbocycles. The summed E-state index contributed by atoms with van der Waals surface area (Å²) >= 11 is 0. The molecule has 4 aromatic rings. The fraction of sp³-hybridized carbons (Fsp3) is 0.323. The maximum atomic E-state index is 13.8. The van der Waals surface area contributed by atoms with E-state index in [4.69, 9.17) is 4.74 Å². The van der Waals surface area contributed by atoms with Gasteiger partial charge in [-0.3, -0.25) is 14.6 Å². The van der Waals surface area contributed by atoms with Gasteiger partial charge in [0.15, 0.2) is 0 Å². The molecule has 198 valence electrons. The van der Waals surface area contributed by atoms with Gasteiger partial charge < -0.3 is 19.5 Å². The fourth-order valence-electron chi connectivity index (χ4n) is 4.56. The van der Waals surface area contributed by atoms with Crippen molar-refractivity contribution < 1.29 is 14.3 Å². The molecule has 2 heterocycles. The summed E-state index contributed by atoms with van der Waals surface area (Å²) in [5, 5.41) is 1.16. The van der Waals surface area contributed by atoms with Crippen molar-refractivity contribution in [3.63, 3.8) is 0 Å². The number of hydrogen-bond donors (Lipinski definition) is 1. The second-order valence-electron chi connectivity index (χ2n) is 9.82. The Kier molecular flexibility index (Phi) is 9.14. The molecule has 2 aromatic heterocycles. The van der Waals surface area contributed by atoms with Crippen LogP contribution in [0.2, 0.25) is 0 Å². The van der Waals surface area contributed by atoms with E-state index >= 15 is 0 Å². The molecule has 2 aromatic carbocycles. The quantitative estimate of drug-likeness (QED) is 0.278. The summed E-state index contributed by atoms with van der Waals surface area (Å²) in [6, 6.07) is 19.5. The molecule has 38 heavy (non-hydrogen) atoms. The van der Waals surface area contributed by atoms with Crippen LogP contribution in [0.4, 0.5) is 0 Å². The number of carbonyl (C=O) groups is 2. The minimum Gasteiger partial charge on any atom is -0.494 e. The van der Waals surface area contributed by atoms with Crippen LogP contribution in [0.15, 0.2) is 79.3 Å². The lowest BCUT2D eigenvalue weighted by Crippen LogP contribution is -2.44. The normalized spacial score (nSPS) is 11.1. The maximum absolute atomic E-state index is 13.8. The van der Waals surface area contributed by atoms with E-state index in [9.17, 15) is 9.59 Å². The van der Waals surface area contributed by atoms with Crippen LogP contribution in [0.5, 0.6) is 5.75 Å². The van der Waals surface area contributed by atoms with E-state index in [0.29, 0.717) is 38.2 Å². The number of amides is 2. The minimum atomic E-state index is -0.183. The molecule has 0 aliphatic rings. The predicted molar refractivity (Wildman–Crippen MR) is 150 cm³/mol. The number of nitrogens with zero attached hydrogens (tertiary/aromatic N) is 3. The zero-order chi connectivity index (χ0) is 26.9. The Morgan fingerprint density at radius 2 is 1.79 bits per heavy atom. The Labute approximate surface area is 224 Å². The van der Waals surface area contributed by atoms with Gasteiger partial charge in [0.2, 0.25) is 5.91 Å². The monoisotopic (exact) mass is 512 g/mol. The van der Waals surface area contributed by atoms with E-state index < -0.39 is 0 Å². The van der Waals surface area contributed by atoms with Crippen molar-refractivity contribution in [2.45, 2.75) is 33.7 Å². The van der Waals surface area contributed by atoms with Gasteiger partial charge in [0.25, 0.3) is 5.91 Å². The molecule has 0 atom stereocenters. The van der Waals surface area contributed by atoms with Gasteiger partial charge in [-0.1, -0.05) is 44.2 Å². The lowest BCUT2D eigenvalue weighted by molar-refractivity contribution is -0.132. The van der Waals surface area contributed by atoms with Crippen molar-refractivity contribution in [2.75, 3.05) is 26.2 Å². The molecule has 0 bridgehead atoms. The summed E-state index contributed by atoms with van der Waals surface area (Å²) in [5.74, 6) is 0.752. The summed E-state index contributed by atoms with van der Waals surface area (Å²) in [7, 11) is 0. The highest BCUT2D eigenvalue weighted by Gasteiger charge is 2.24. The first-order valence-corrected chi connectivity index (χ1v) is 13.2. The first kappa shape index (κ1) is 26.9. The predicted octanol–water partition coefficient (Wildman–Crippen LogP) is 5.33. The second-order valence-corrected chi connectivity index (χ2v) is 9.82. The summed E-state index contributed by atoms with van der Waals surface area (Å²) in [5.41, 5.74) is 3.74. The number of H-pyrrole nitrogens is 1. The smallest absolute Gasteiger partial charge is 0.255 e. The van der Waals surface area contributed by atoms with Crippen molar-refractivity contribution in [3.8, 4) is 5.75 Å². The summed E-state index contributed by atoms with van der Waals surface area (Å²) in [4.78, 5) is 37.9. The topological polar surface area (TPSA) is 78.5 Å². The molecule has 0 fully saturated rings. The Balaban J connectivity index is 1.54. The van der Waals surface area contributed by atoms with Crippen molar-refractivity contribution >= 4 is 22.7 Å². The van der Waals surface area contributed by atoms with Crippen molar-refractivity contribution in [3.05, 3.63) is 95.9 Å². The molecule has 1 N–H and O–H groups in total. The van der Waals surface area contributed by atoms with Crippen LogP contribution >= 0.6 is 0 Å². The first-order valence-electron chi connectivity index (χ1n) is 13.2. The molecule has 0 aliphatic carbocycles. The van der Waals surface area contributed by atoms with Crippen LogP contribution in [0.3, 0.4) is 0 Å². The molecule has 0 unspecified atom stereocenters. The lowest BCUT2D eigenvalue weighted by Gasteiger charge is -2.29. The first-order chi connectivity index (χ1) is 18.4. The van der Waals surface area contributed by atoms with E-state index in [-0.39, 0.29) is 24.3 Å². The highest BCUT2D eigenvalue weighted by atomic mass is 16.5. The number of nitrogens with one attached hydrogen (secondary N) is 1. The van der Waals surface area contributed by atoms with Gasteiger partial charge in [0.05, 0.1) is 12.2 Å². The number of para-hydroxylation sites is 1. The number of aromatic amines is 1. The Morgan fingerprint density at radius 1 is 1.00 bits per heavy atom. The number of ether oxygens (including phenoxy) is 1. The zero-order valence-electron chi connectivity index (χ0n) is 22.4. The van der Waals surface area contributed by atoms with Gasteiger partial charge >= 0.3 is 0 Å². The number of benzene rings is 2. The molecule has 0 saturated heterocycles. The highest BCUT2D eigenvalue weighted by molar-refractivity contribution is 5.96. The number of rotatable bonds is 12. The summed E-state index contributed by atoms with van der Waals surface area (Å²) < 4.78 is 5.58. The fourth-order valence-corrected chi connectivity index (χ4v) is 4.56. The molecule has 0 aliphatic heterocycles. The van der Waals surface area contributed by atoms with Crippen LogP contribution in [-0.4, -0.2) is 57.8 Å². The van der Waals surface area contributed by atoms with Crippen molar-refractivity contribution in [1.82, 2.24) is 19.8 Å². The van der Waals surface area contributed by atoms with Gasteiger partial charge in [-0.05, 0) is 60.7 Å². The number of fused-ring (bicyclic) bond motifs is 1. The van der Waals surface area contributed by atoms with Crippen LogP contribution in [-0.2, 0) is 17.8 Å². The van der Waals surface area contributed by atoms with E-state index in [1.807, 2.05) is 68.3 Å². The molecule has 0 radical (unpaired) electrons. The van der Waals surface area contributed by atoms with E-state index in [1.54, 1.807) is 29.4 Å². The number of carbonyl (C=O) groups excluding carboxylic acids is 2. The maximum Gasteiger partial charge on any atom is 0.255 e. The molecule has 7 heteroatoms. The highest BCUT2D eigenvalue weighted by Crippen LogP contribution is 2.20. The van der Waals surface area contributed by atoms with E-state index in [2.05, 4.69) is 22.1 Å². The van der Waals surface area contributed by atoms with Gasteiger partial charge in [-0.2, -0.15) is 0 Å². The summed E-state index contributed by atoms with van der Waals surface area (Å²) in [6.45, 7) is 8.12. The average molecular weight is 513 g/mol. The number of hydrogen-bond acceptors (Lipinski definition) is 4. The molecule has 0 spiro atoms. The third-order valence-corrected chi connectivity index (χ3v) is 6.39. The minimum absolute atomic E-state index is 0.0107. The number of pyridine rings is 1. The van der Waals surface area contributed by atoms with Gasteiger partial charge in [-0.15, -0.1) is 0 Å². The molecule has 4 rings (SSSR count). The van der Waals surface area contributed by atoms with Gasteiger partial charge in [-0.25, -0.2) is 0 Å². The van der Waals surface area contributed by atoms with Crippen molar-refractivity contribution in [2.24, 2.45) is 5.92 Å².